The van der Waals surface area contributed by atoms with Crippen molar-refractivity contribution in [2.45, 2.75) is 6.92 Å². The monoisotopic (exact) mass is 469 g/mol. The lowest BCUT2D eigenvalue weighted by Crippen LogP contribution is -2.26. The molecule has 0 unspecified atom stereocenters. The molecule has 0 aliphatic carbocycles. The van der Waals surface area contributed by atoms with Gasteiger partial charge < -0.3 is 19.9 Å². The fraction of sp³-hybridized carbons (Fsp3) is 0.222. The van der Waals surface area contributed by atoms with Crippen LogP contribution in [-0.4, -0.2) is 37.5 Å². The van der Waals surface area contributed by atoms with Crippen LogP contribution < -0.4 is 20.2 Å². The van der Waals surface area contributed by atoms with Gasteiger partial charge in [0.2, 0.25) is 0 Å². The third-order valence-corrected chi connectivity index (χ3v) is 4.12. The predicted octanol–water partition coefficient (Wildman–Crippen LogP) is 2.97. The molecule has 0 saturated carbocycles. The zero-order valence-corrected chi connectivity index (χ0v) is 16.6. The maximum atomic E-state index is 11.9. The lowest BCUT2D eigenvalue weighted by atomic mass is 10.2. The number of hydrogen-bond donors (Lipinski definition) is 3. The normalized spacial score (nSPS) is 10.6. The van der Waals surface area contributed by atoms with Crippen molar-refractivity contribution in [1.82, 2.24) is 5.43 Å². The number of carbonyl (C=O) groups is 1. The van der Waals surface area contributed by atoms with Crippen LogP contribution >= 0.6 is 22.6 Å². The minimum Gasteiger partial charge on any atom is -0.504 e. The van der Waals surface area contributed by atoms with Crippen molar-refractivity contribution >= 4 is 40.4 Å². The van der Waals surface area contributed by atoms with E-state index in [2.05, 4.69) is 15.8 Å². The van der Waals surface area contributed by atoms with Crippen LogP contribution in [0, 0.1) is 3.57 Å². The van der Waals surface area contributed by atoms with E-state index in [1.165, 1.54) is 6.21 Å². The first kappa shape index (κ1) is 19.8. The van der Waals surface area contributed by atoms with Crippen LogP contribution in [0.4, 0.5) is 5.69 Å². The number of aromatic hydroxyl groups is 1. The summed E-state index contributed by atoms with van der Waals surface area (Å²) < 4.78 is 11.2. The molecule has 0 atom stereocenters. The van der Waals surface area contributed by atoms with E-state index in [-0.39, 0.29) is 18.2 Å². The molecule has 3 N–H and O–H groups in total. The maximum Gasteiger partial charge on any atom is 0.259 e. The van der Waals surface area contributed by atoms with E-state index in [9.17, 15) is 9.90 Å². The first-order valence-corrected chi connectivity index (χ1v) is 8.97. The van der Waals surface area contributed by atoms with E-state index in [1.54, 1.807) is 25.3 Å². The number of rotatable bonds is 8. The van der Waals surface area contributed by atoms with Crippen molar-refractivity contribution < 1.29 is 19.4 Å². The molecule has 0 aromatic heterocycles. The Morgan fingerprint density at radius 3 is 2.81 bits per heavy atom. The largest absolute Gasteiger partial charge is 0.504 e. The van der Waals surface area contributed by atoms with Crippen molar-refractivity contribution in [3.8, 4) is 17.2 Å². The average Bonchev–Trinajstić information content (AvgIpc) is 2.64. The molecule has 0 saturated heterocycles. The summed E-state index contributed by atoms with van der Waals surface area (Å²) in [4.78, 5) is 11.9. The topological polar surface area (TPSA) is 92.2 Å². The third kappa shape index (κ3) is 5.51. The van der Waals surface area contributed by atoms with E-state index in [4.69, 9.17) is 9.47 Å². The summed E-state index contributed by atoms with van der Waals surface area (Å²) >= 11 is 2.01. The van der Waals surface area contributed by atoms with E-state index >= 15 is 0 Å². The zero-order chi connectivity index (χ0) is 18.9. The van der Waals surface area contributed by atoms with Gasteiger partial charge in [0.15, 0.2) is 11.5 Å². The Morgan fingerprint density at radius 1 is 1.31 bits per heavy atom. The van der Waals surface area contributed by atoms with Gasteiger partial charge in [-0.15, -0.1) is 0 Å². The number of amides is 1. The molecule has 0 heterocycles. The van der Waals surface area contributed by atoms with Crippen LogP contribution in [0.2, 0.25) is 0 Å². The Kier molecular flexibility index (Phi) is 7.52. The molecule has 0 aliphatic rings. The molecule has 2 rings (SSSR count). The van der Waals surface area contributed by atoms with Gasteiger partial charge in [0.25, 0.3) is 5.91 Å². The first-order valence-electron chi connectivity index (χ1n) is 7.89. The highest BCUT2D eigenvalue weighted by molar-refractivity contribution is 14.1. The van der Waals surface area contributed by atoms with Gasteiger partial charge in [0, 0.05) is 0 Å². The number of nitrogens with one attached hydrogen (secondary N) is 2. The lowest BCUT2D eigenvalue weighted by Gasteiger charge is -2.10. The summed E-state index contributed by atoms with van der Waals surface area (Å²) in [6.07, 6.45) is 1.49. The third-order valence-electron chi connectivity index (χ3n) is 3.30. The highest BCUT2D eigenvalue weighted by Crippen LogP contribution is 2.32. The second-order valence-electron chi connectivity index (χ2n) is 5.13. The van der Waals surface area contributed by atoms with Crippen LogP contribution in [0.5, 0.6) is 17.2 Å². The van der Waals surface area contributed by atoms with Crippen LogP contribution in [0.25, 0.3) is 0 Å². The predicted molar refractivity (Wildman–Crippen MR) is 109 cm³/mol. The standard InChI is InChI=1S/C18H20IN3O4/c1-3-26-16-9-12(8-13(19)18(16)24)10-21-22-17(23)11-20-14-6-4-5-7-15(14)25-2/h4-10,20,24H,3,11H2,1-2H3,(H,22,23)/b21-10-. The smallest absolute Gasteiger partial charge is 0.259 e. The number of phenolic OH excluding ortho intramolecular Hbond substituents is 1. The Bertz CT molecular complexity index is 796. The fourth-order valence-electron chi connectivity index (χ4n) is 2.12. The number of benzene rings is 2. The van der Waals surface area contributed by atoms with Gasteiger partial charge >= 0.3 is 0 Å². The van der Waals surface area contributed by atoms with Gasteiger partial charge in [-0.05, 0) is 59.3 Å². The molecule has 138 valence electrons. The minimum absolute atomic E-state index is 0.0506. The molecule has 0 spiro atoms. The summed E-state index contributed by atoms with van der Waals surface area (Å²) in [6, 6.07) is 10.7. The summed E-state index contributed by atoms with van der Waals surface area (Å²) in [5.74, 6) is 0.830. The average molecular weight is 469 g/mol. The second kappa shape index (κ2) is 9.85. The number of nitrogens with zero attached hydrogens (tertiary/aromatic N) is 1. The van der Waals surface area contributed by atoms with Crippen LogP contribution in [0.15, 0.2) is 41.5 Å². The number of hydrogen-bond acceptors (Lipinski definition) is 6. The Labute approximate surface area is 165 Å². The SMILES string of the molecule is CCOc1cc(/C=N\NC(=O)CNc2ccccc2OC)cc(I)c1O. The highest BCUT2D eigenvalue weighted by Gasteiger charge is 2.08. The number of para-hydroxylation sites is 2. The van der Waals surface area contributed by atoms with Crippen molar-refractivity contribution in [2.24, 2.45) is 5.10 Å². The molecular weight excluding hydrogens is 449 g/mol. The molecule has 1 amide bonds. The number of carbonyl (C=O) groups excluding carboxylic acids is 1. The molecule has 0 radical (unpaired) electrons. The molecule has 7 nitrogen and oxygen atoms in total. The lowest BCUT2D eigenvalue weighted by molar-refractivity contribution is -0.119. The van der Waals surface area contributed by atoms with E-state index in [0.717, 1.165) is 5.69 Å². The minimum atomic E-state index is -0.300. The van der Waals surface area contributed by atoms with E-state index in [1.807, 2.05) is 47.7 Å². The van der Waals surface area contributed by atoms with Crippen LogP contribution in [-0.2, 0) is 4.79 Å². The van der Waals surface area contributed by atoms with Crippen molar-refractivity contribution in [1.29, 1.82) is 0 Å². The molecular formula is C18H20IN3O4. The number of phenols is 1. The first-order chi connectivity index (χ1) is 12.5. The zero-order valence-electron chi connectivity index (χ0n) is 14.5. The van der Waals surface area contributed by atoms with Crippen molar-refractivity contribution in [3.05, 3.63) is 45.5 Å². The number of methoxy groups -OCH3 is 1. The van der Waals surface area contributed by atoms with Gasteiger partial charge in [0.1, 0.15) is 5.75 Å². The van der Waals surface area contributed by atoms with Gasteiger partial charge in [-0.25, -0.2) is 5.43 Å². The van der Waals surface area contributed by atoms with Gasteiger partial charge in [-0.2, -0.15) is 5.10 Å². The molecule has 2 aromatic rings. The van der Waals surface area contributed by atoms with E-state index in [0.29, 0.717) is 27.2 Å². The molecule has 0 bridgehead atoms. The Hall–Kier alpha value is -2.49. The Morgan fingerprint density at radius 2 is 2.08 bits per heavy atom. The number of halogens is 1. The Balaban J connectivity index is 1.92. The number of anilines is 1. The molecule has 2 aromatic carbocycles. The van der Waals surface area contributed by atoms with Gasteiger partial charge in [0.05, 0.1) is 35.7 Å². The number of ether oxygens (including phenoxy) is 2. The number of hydrazone groups is 1. The maximum absolute atomic E-state index is 11.9. The fourth-order valence-corrected chi connectivity index (χ4v) is 2.74. The van der Waals surface area contributed by atoms with E-state index < -0.39 is 0 Å². The second-order valence-corrected chi connectivity index (χ2v) is 6.29. The van der Waals surface area contributed by atoms with Crippen LogP contribution in [0.1, 0.15) is 12.5 Å². The summed E-state index contributed by atoms with van der Waals surface area (Å²) in [7, 11) is 1.57. The van der Waals surface area contributed by atoms with Crippen molar-refractivity contribution in [2.75, 3.05) is 25.6 Å². The highest BCUT2D eigenvalue weighted by atomic mass is 127. The van der Waals surface area contributed by atoms with Gasteiger partial charge in [-0.3, -0.25) is 4.79 Å². The summed E-state index contributed by atoms with van der Waals surface area (Å²) in [5.41, 5.74) is 3.87. The van der Waals surface area contributed by atoms with Gasteiger partial charge in [-0.1, -0.05) is 12.1 Å². The molecule has 8 heteroatoms. The molecule has 26 heavy (non-hydrogen) atoms. The van der Waals surface area contributed by atoms with Crippen molar-refractivity contribution in [3.63, 3.8) is 0 Å². The van der Waals surface area contributed by atoms with Crippen LogP contribution in [0.3, 0.4) is 0 Å². The molecule has 0 aliphatic heterocycles. The summed E-state index contributed by atoms with van der Waals surface area (Å²) in [5, 5.41) is 16.8. The quantitative estimate of drug-likeness (QED) is 0.314. The summed E-state index contributed by atoms with van der Waals surface area (Å²) in [6.45, 7) is 2.33. The molecule has 0 fully saturated rings.